The number of nitrogens with zero attached hydrogens (tertiary/aromatic N) is 2. The smallest absolute Gasteiger partial charge is 0.0568 e. The molecule has 0 unspecified atom stereocenters. The van der Waals surface area contributed by atoms with Crippen molar-refractivity contribution in [3.8, 4) is 11.1 Å². The van der Waals surface area contributed by atoms with Gasteiger partial charge in [0.2, 0.25) is 0 Å². The Morgan fingerprint density at radius 2 is 1.76 bits per heavy atom. The van der Waals surface area contributed by atoms with Crippen molar-refractivity contribution in [2.24, 2.45) is 5.73 Å². The van der Waals surface area contributed by atoms with Crippen molar-refractivity contribution in [3.63, 3.8) is 0 Å². The fourth-order valence-electron chi connectivity index (χ4n) is 1.67. The van der Waals surface area contributed by atoms with Crippen LogP contribution in [0, 0.1) is 0 Å². The zero-order valence-corrected chi connectivity index (χ0v) is 10.6. The van der Waals surface area contributed by atoms with Gasteiger partial charge in [0.05, 0.1) is 11.7 Å². The first-order chi connectivity index (χ1) is 8.00. The van der Waals surface area contributed by atoms with Crippen LogP contribution in [-0.4, -0.2) is 9.78 Å². The van der Waals surface area contributed by atoms with Crippen LogP contribution in [-0.2, 0) is 12.1 Å². The van der Waals surface area contributed by atoms with E-state index in [0.29, 0.717) is 6.54 Å². The molecule has 0 fully saturated rings. The predicted molar refractivity (Wildman–Crippen MR) is 70.6 cm³/mol. The monoisotopic (exact) mass is 229 g/mol. The molecule has 0 amide bonds. The van der Waals surface area contributed by atoms with Gasteiger partial charge in [-0.25, -0.2) is 0 Å². The van der Waals surface area contributed by atoms with Gasteiger partial charge in [0, 0.05) is 18.3 Å². The highest BCUT2D eigenvalue weighted by Gasteiger charge is 2.14. The van der Waals surface area contributed by atoms with Gasteiger partial charge in [0.1, 0.15) is 0 Å². The molecule has 0 atom stereocenters. The average Bonchev–Trinajstić information content (AvgIpc) is 2.78. The molecule has 1 aromatic heterocycles. The van der Waals surface area contributed by atoms with E-state index in [1.54, 1.807) is 0 Å². The van der Waals surface area contributed by atoms with Crippen molar-refractivity contribution < 1.29 is 0 Å². The van der Waals surface area contributed by atoms with Crippen LogP contribution in [0.3, 0.4) is 0 Å². The molecule has 0 saturated heterocycles. The molecule has 3 heteroatoms. The highest BCUT2D eigenvalue weighted by Crippen LogP contribution is 2.22. The third kappa shape index (κ3) is 2.56. The quantitative estimate of drug-likeness (QED) is 0.860. The van der Waals surface area contributed by atoms with Gasteiger partial charge in [0.15, 0.2) is 0 Å². The van der Waals surface area contributed by atoms with Gasteiger partial charge in [0.25, 0.3) is 0 Å². The van der Waals surface area contributed by atoms with Crippen LogP contribution in [0.5, 0.6) is 0 Å². The van der Waals surface area contributed by atoms with E-state index in [2.05, 4.69) is 56.3 Å². The summed E-state index contributed by atoms with van der Waals surface area (Å²) < 4.78 is 1.99. The van der Waals surface area contributed by atoms with Crippen LogP contribution in [0.15, 0.2) is 36.7 Å². The number of aromatic nitrogens is 2. The lowest BCUT2D eigenvalue weighted by Gasteiger charge is -2.18. The number of nitrogens with two attached hydrogens (primary N) is 1. The minimum Gasteiger partial charge on any atom is -0.326 e. The first-order valence-electron chi connectivity index (χ1n) is 5.85. The summed E-state index contributed by atoms with van der Waals surface area (Å²) >= 11 is 0. The molecule has 0 aliphatic carbocycles. The Labute approximate surface area is 102 Å². The summed E-state index contributed by atoms with van der Waals surface area (Å²) in [6.07, 6.45) is 3.99. The Morgan fingerprint density at radius 1 is 1.12 bits per heavy atom. The first kappa shape index (κ1) is 11.9. The van der Waals surface area contributed by atoms with E-state index in [1.165, 1.54) is 5.56 Å². The number of hydrogen-bond donors (Lipinski definition) is 1. The van der Waals surface area contributed by atoms with Gasteiger partial charge >= 0.3 is 0 Å². The molecular weight excluding hydrogens is 210 g/mol. The lowest BCUT2D eigenvalue weighted by Crippen LogP contribution is -2.21. The van der Waals surface area contributed by atoms with E-state index in [0.717, 1.165) is 11.1 Å². The van der Waals surface area contributed by atoms with E-state index in [9.17, 15) is 0 Å². The number of hydrogen-bond acceptors (Lipinski definition) is 2. The number of benzene rings is 1. The second-order valence-electron chi connectivity index (χ2n) is 5.25. The van der Waals surface area contributed by atoms with E-state index in [-0.39, 0.29) is 5.54 Å². The van der Waals surface area contributed by atoms with Gasteiger partial charge in [-0.2, -0.15) is 5.10 Å². The Balaban J connectivity index is 2.30. The lowest BCUT2D eigenvalue weighted by atomic mass is 10.1. The van der Waals surface area contributed by atoms with Gasteiger partial charge in [-0.05, 0) is 31.9 Å². The normalized spacial score (nSPS) is 11.8. The highest BCUT2D eigenvalue weighted by molar-refractivity contribution is 5.61. The first-order valence-corrected chi connectivity index (χ1v) is 5.85. The molecule has 0 saturated carbocycles. The van der Waals surface area contributed by atoms with Crippen molar-refractivity contribution in [2.75, 3.05) is 0 Å². The van der Waals surface area contributed by atoms with Gasteiger partial charge < -0.3 is 5.73 Å². The molecule has 2 N–H and O–H groups in total. The third-order valence-corrected chi connectivity index (χ3v) is 2.79. The molecule has 3 nitrogen and oxygen atoms in total. The fourth-order valence-corrected chi connectivity index (χ4v) is 1.67. The minimum absolute atomic E-state index is 0.0233. The van der Waals surface area contributed by atoms with Crippen molar-refractivity contribution in [3.05, 3.63) is 42.2 Å². The Hall–Kier alpha value is -1.61. The maximum Gasteiger partial charge on any atom is 0.0568 e. The lowest BCUT2D eigenvalue weighted by molar-refractivity contribution is 0.355. The van der Waals surface area contributed by atoms with Crippen molar-refractivity contribution in [2.45, 2.75) is 32.9 Å². The molecule has 2 rings (SSSR count). The summed E-state index contributed by atoms with van der Waals surface area (Å²) in [4.78, 5) is 0. The molecule has 0 aliphatic heterocycles. The molecule has 1 heterocycles. The second kappa shape index (κ2) is 4.34. The molecule has 0 aliphatic rings. The van der Waals surface area contributed by atoms with Crippen LogP contribution < -0.4 is 5.73 Å². The van der Waals surface area contributed by atoms with E-state index < -0.39 is 0 Å². The summed E-state index contributed by atoms with van der Waals surface area (Å²) in [7, 11) is 0. The summed E-state index contributed by atoms with van der Waals surface area (Å²) in [5.74, 6) is 0. The summed E-state index contributed by atoms with van der Waals surface area (Å²) in [6.45, 7) is 7.01. The molecule has 17 heavy (non-hydrogen) atoms. The minimum atomic E-state index is 0.0233. The topological polar surface area (TPSA) is 43.8 Å². The third-order valence-electron chi connectivity index (χ3n) is 2.79. The zero-order chi connectivity index (χ0) is 12.5. The highest BCUT2D eigenvalue weighted by atomic mass is 15.3. The SMILES string of the molecule is CC(C)(C)n1cc(-c2ccc(CN)cc2)cn1. The molecular formula is C14H19N3. The van der Waals surface area contributed by atoms with E-state index >= 15 is 0 Å². The van der Waals surface area contributed by atoms with Crippen molar-refractivity contribution >= 4 is 0 Å². The van der Waals surface area contributed by atoms with E-state index in [4.69, 9.17) is 5.73 Å². The number of rotatable bonds is 2. The van der Waals surface area contributed by atoms with Crippen LogP contribution >= 0.6 is 0 Å². The largest absolute Gasteiger partial charge is 0.326 e. The van der Waals surface area contributed by atoms with Crippen LogP contribution in [0.4, 0.5) is 0 Å². The van der Waals surface area contributed by atoms with Crippen LogP contribution in [0.1, 0.15) is 26.3 Å². The van der Waals surface area contributed by atoms with E-state index in [1.807, 2.05) is 10.9 Å². The fraction of sp³-hybridized carbons (Fsp3) is 0.357. The van der Waals surface area contributed by atoms with Gasteiger partial charge in [-0.3, -0.25) is 4.68 Å². The van der Waals surface area contributed by atoms with Crippen molar-refractivity contribution in [1.29, 1.82) is 0 Å². The molecule has 90 valence electrons. The summed E-state index contributed by atoms with van der Waals surface area (Å²) in [6, 6.07) is 8.30. The predicted octanol–water partition coefficient (Wildman–Crippen LogP) is 2.76. The Bertz CT molecular complexity index is 489. The Kier molecular flexibility index (Phi) is 3.03. The summed E-state index contributed by atoms with van der Waals surface area (Å²) in [5.41, 5.74) is 9.08. The maximum atomic E-state index is 5.58. The van der Waals surface area contributed by atoms with Crippen LogP contribution in [0.2, 0.25) is 0 Å². The van der Waals surface area contributed by atoms with Gasteiger partial charge in [-0.15, -0.1) is 0 Å². The summed E-state index contributed by atoms with van der Waals surface area (Å²) in [5, 5.41) is 4.40. The van der Waals surface area contributed by atoms with Gasteiger partial charge in [-0.1, -0.05) is 24.3 Å². The molecule has 1 aromatic carbocycles. The maximum absolute atomic E-state index is 5.58. The Morgan fingerprint density at radius 3 is 2.24 bits per heavy atom. The molecule has 0 spiro atoms. The average molecular weight is 229 g/mol. The molecule has 0 bridgehead atoms. The zero-order valence-electron chi connectivity index (χ0n) is 10.6. The molecule has 2 aromatic rings. The van der Waals surface area contributed by atoms with Crippen LogP contribution in [0.25, 0.3) is 11.1 Å². The second-order valence-corrected chi connectivity index (χ2v) is 5.25. The standard InChI is InChI=1S/C14H19N3/c1-14(2,3)17-10-13(9-16-17)12-6-4-11(8-15)5-7-12/h4-7,9-10H,8,15H2,1-3H3. The van der Waals surface area contributed by atoms with Crippen molar-refractivity contribution in [1.82, 2.24) is 9.78 Å². The molecule has 0 radical (unpaired) electrons.